The van der Waals surface area contributed by atoms with Gasteiger partial charge in [0.2, 0.25) is 0 Å². The van der Waals surface area contributed by atoms with Gasteiger partial charge < -0.3 is 15.4 Å². The van der Waals surface area contributed by atoms with E-state index in [0.717, 1.165) is 0 Å². The van der Waals surface area contributed by atoms with Crippen LogP contribution in [0, 0.1) is 0 Å². The smallest absolute Gasteiger partial charge is 0.326 e. The van der Waals surface area contributed by atoms with Gasteiger partial charge in [-0.2, -0.15) is 0 Å². The number of hydrogen-bond donors (Lipinski definition) is 3. The average molecular weight is 296 g/mol. The Morgan fingerprint density at radius 2 is 2.20 bits per heavy atom. The van der Waals surface area contributed by atoms with Crippen LogP contribution in [-0.4, -0.2) is 43.2 Å². The summed E-state index contributed by atoms with van der Waals surface area (Å²) in [6.45, 7) is 0. The highest BCUT2D eigenvalue weighted by atomic mass is 35.5. The van der Waals surface area contributed by atoms with Gasteiger partial charge in [-0.05, 0) is 12.1 Å². The van der Waals surface area contributed by atoms with Crippen molar-refractivity contribution < 1.29 is 14.7 Å². The topological polar surface area (TPSA) is 121 Å². The number of carboxylic acids is 1. The fourth-order valence-corrected chi connectivity index (χ4v) is 1.59. The number of hydrogen-bond acceptors (Lipinski definition) is 5. The molecular formula is C11H10ClN5O3. The Bertz CT molecular complexity index is 599. The Morgan fingerprint density at radius 1 is 1.40 bits per heavy atom. The molecule has 0 radical (unpaired) electrons. The highest BCUT2D eigenvalue weighted by Crippen LogP contribution is 2.04. The predicted molar refractivity (Wildman–Crippen MR) is 68.2 cm³/mol. The molecule has 0 fully saturated rings. The van der Waals surface area contributed by atoms with Gasteiger partial charge in [-0.3, -0.25) is 4.79 Å². The second-order valence-corrected chi connectivity index (χ2v) is 4.27. The lowest BCUT2D eigenvalue weighted by atomic mass is 10.1. The van der Waals surface area contributed by atoms with Gasteiger partial charge in [-0.15, -0.1) is 10.2 Å². The molecule has 2 aromatic heterocycles. The van der Waals surface area contributed by atoms with Gasteiger partial charge in [0, 0.05) is 18.3 Å². The first kappa shape index (κ1) is 13.9. The molecule has 0 saturated carbocycles. The monoisotopic (exact) mass is 295 g/mol. The van der Waals surface area contributed by atoms with Crippen LogP contribution in [0.5, 0.6) is 0 Å². The molecular weight excluding hydrogens is 286 g/mol. The molecule has 0 bridgehead atoms. The summed E-state index contributed by atoms with van der Waals surface area (Å²) >= 11 is 5.56. The zero-order valence-electron chi connectivity index (χ0n) is 10.1. The summed E-state index contributed by atoms with van der Waals surface area (Å²) in [4.78, 5) is 29.5. The minimum atomic E-state index is -1.16. The van der Waals surface area contributed by atoms with Crippen molar-refractivity contribution in [3.8, 4) is 0 Å². The fourth-order valence-electron chi connectivity index (χ4n) is 1.49. The number of H-pyrrole nitrogens is 1. The van der Waals surface area contributed by atoms with E-state index in [1.54, 1.807) is 0 Å². The second-order valence-electron chi connectivity index (χ2n) is 3.89. The normalized spacial score (nSPS) is 11.8. The molecule has 0 spiro atoms. The molecule has 3 N–H and O–H groups in total. The van der Waals surface area contributed by atoms with Crippen LogP contribution in [0.2, 0.25) is 5.15 Å². The predicted octanol–water partition coefficient (Wildman–Crippen LogP) is 0.279. The number of halogens is 1. The van der Waals surface area contributed by atoms with Gasteiger partial charge >= 0.3 is 5.97 Å². The van der Waals surface area contributed by atoms with Crippen LogP contribution >= 0.6 is 11.6 Å². The molecule has 2 rings (SSSR count). The molecule has 1 atom stereocenters. The minimum absolute atomic E-state index is 0.00902. The van der Waals surface area contributed by atoms with Crippen LogP contribution < -0.4 is 5.32 Å². The van der Waals surface area contributed by atoms with E-state index in [0.29, 0.717) is 5.69 Å². The summed E-state index contributed by atoms with van der Waals surface area (Å²) in [6, 6.07) is 1.66. The van der Waals surface area contributed by atoms with Crippen molar-refractivity contribution in [2.45, 2.75) is 12.5 Å². The second kappa shape index (κ2) is 6.11. The Morgan fingerprint density at radius 3 is 2.75 bits per heavy atom. The van der Waals surface area contributed by atoms with Crippen molar-refractivity contribution in [1.29, 1.82) is 0 Å². The molecule has 0 aliphatic heterocycles. The first-order valence-corrected chi connectivity index (χ1v) is 5.94. The molecule has 2 aromatic rings. The van der Waals surface area contributed by atoms with Crippen molar-refractivity contribution in [2.24, 2.45) is 0 Å². The van der Waals surface area contributed by atoms with Crippen LogP contribution in [0.15, 0.2) is 24.7 Å². The Balaban J connectivity index is 2.06. The quantitative estimate of drug-likeness (QED) is 0.728. The molecule has 8 nitrogen and oxygen atoms in total. The number of imidazole rings is 1. The van der Waals surface area contributed by atoms with Gasteiger partial charge in [0.05, 0.1) is 6.33 Å². The summed E-state index contributed by atoms with van der Waals surface area (Å²) in [5.74, 6) is -1.80. The van der Waals surface area contributed by atoms with E-state index in [1.165, 1.54) is 24.7 Å². The molecule has 1 amide bonds. The highest BCUT2D eigenvalue weighted by Gasteiger charge is 2.22. The number of nitrogens with one attached hydrogen (secondary N) is 2. The maximum absolute atomic E-state index is 11.9. The summed E-state index contributed by atoms with van der Waals surface area (Å²) in [5, 5.41) is 18.7. The number of aromatic amines is 1. The van der Waals surface area contributed by atoms with Crippen LogP contribution in [-0.2, 0) is 11.2 Å². The van der Waals surface area contributed by atoms with Crippen LogP contribution in [0.25, 0.3) is 0 Å². The fraction of sp³-hybridized carbons (Fsp3) is 0.182. The molecule has 104 valence electrons. The first-order valence-electron chi connectivity index (χ1n) is 5.56. The molecule has 0 aromatic carbocycles. The standard InChI is InChI=1S/C11H10ClN5O3/c12-9-2-1-7(16-17-9)10(18)15-8(11(19)20)3-6-4-13-5-14-6/h1-2,4-5,8H,3H2,(H,13,14)(H,15,18)(H,19,20)/t8-/m1/s1. The molecule has 0 saturated heterocycles. The zero-order chi connectivity index (χ0) is 14.5. The third-order valence-corrected chi connectivity index (χ3v) is 2.65. The van der Waals surface area contributed by atoms with Crippen LogP contribution in [0.4, 0.5) is 0 Å². The lowest BCUT2D eigenvalue weighted by molar-refractivity contribution is -0.139. The average Bonchev–Trinajstić information content (AvgIpc) is 2.91. The van der Waals surface area contributed by atoms with Gasteiger partial charge in [0.25, 0.3) is 5.91 Å². The van der Waals surface area contributed by atoms with Gasteiger partial charge in [-0.1, -0.05) is 11.6 Å². The number of carbonyl (C=O) groups excluding carboxylic acids is 1. The molecule has 2 heterocycles. The van der Waals surface area contributed by atoms with E-state index in [4.69, 9.17) is 16.7 Å². The molecule has 9 heteroatoms. The van der Waals surface area contributed by atoms with E-state index in [9.17, 15) is 9.59 Å². The number of carboxylic acid groups (broad SMARTS) is 1. The van der Waals surface area contributed by atoms with Crippen molar-refractivity contribution in [3.63, 3.8) is 0 Å². The molecule has 20 heavy (non-hydrogen) atoms. The van der Waals surface area contributed by atoms with Crippen molar-refractivity contribution in [1.82, 2.24) is 25.5 Å². The van der Waals surface area contributed by atoms with E-state index < -0.39 is 17.9 Å². The van der Waals surface area contributed by atoms with E-state index in [1.807, 2.05) is 0 Å². The molecule has 0 aliphatic carbocycles. The third kappa shape index (κ3) is 3.51. The minimum Gasteiger partial charge on any atom is -0.480 e. The summed E-state index contributed by atoms with van der Waals surface area (Å²) < 4.78 is 0. The number of carbonyl (C=O) groups is 2. The number of aliphatic carboxylic acids is 1. The molecule has 0 unspecified atom stereocenters. The third-order valence-electron chi connectivity index (χ3n) is 2.45. The Hall–Kier alpha value is -2.48. The molecule has 0 aliphatic rings. The number of amides is 1. The maximum Gasteiger partial charge on any atom is 0.326 e. The highest BCUT2D eigenvalue weighted by molar-refractivity contribution is 6.29. The van der Waals surface area contributed by atoms with E-state index in [2.05, 4.69) is 25.5 Å². The summed E-state index contributed by atoms with van der Waals surface area (Å²) in [6.07, 6.45) is 3.01. The largest absolute Gasteiger partial charge is 0.480 e. The van der Waals surface area contributed by atoms with E-state index in [-0.39, 0.29) is 17.3 Å². The number of aromatic nitrogens is 4. The van der Waals surface area contributed by atoms with Gasteiger partial charge in [-0.25, -0.2) is 9.78 Å². The zero-order valence-corrected chi connectivity index (χ0v) is 10.8. The van der Waals surface area contributed by atoms with Crippen LogP contribution in [0.3, 0.4) is 0 Å². The SMILES string of the molecule is O=C(N[C@H](Cc1cnc[nH]1)C(=O)O)c1ccc(Cl)nn1. The van der Waals surface area contributed by atoms with Crippen molar-refractivity contribution in [3.05, 3.63) is 41.2 Å². The van der Waals surface area contributed by atoms with Gasteiger partial charge in [0.15, 0.2) is 10.8 Å². The maximum atomic E-state index is 11.9. The van der Waals surface area contributed by atoms with Crippen molar-refractivity contribution >= 4 is 23.5 Å². The summed E-state index contributed by atoms with van der Waals surface area (Å²) in [5.41, 5.74) is 0.588. The van der Waals surface area contributed by atoms with Crippen LogP contribution in [0.1, 0.15) is 16.2 Å². The van der Waals surface area contributed by atoms with Crippen molar-refractivity contribution in [2.75, 3.05) is 0 Å². The summed E-state index contributed by atoms with van der Waals surface area (Å²) in [7, 11) is 0. The number of nitrogens with zero attached hydrogens (tertiary/aromatic N) is 3. The number of rotatable bonds is 5. The Labute approximate surface area is 118 Å². The van der Waals surface area contributed by atoms with Gasteiger partial charge in [0.1, 0.15) is 6.04 Å². The lowest BCUT2D eigenvalue weighted by Gasteiger charge is -2.12. The first-order chi connectivity index (χ1) is 9.56. The lowest BCUT2D eigenvalue weighted by Crippen LogP contribution is -2.42. The van der Waals surface area contributed by atoms with E-state index >= 15 is 0 Å². The Kier molecular flexibility index (Phi) is 4.26.